The van der Waals surface area contributed by atoms with E-state index >= 15 is 4.79 Å². The second-order valence-corrected chi connectivity index (χ2v) is 27.5. The van der Waals surface area contributed by atoms with Crippen LogP contribution in [0, 0.1) is 12.8 Å². The second kappa shape index (κ2) is 26.6. The Morgan fingerprint density at radius 3 is 2.11 bits per heavy atom. The minimum Gasteiger partial charge on any atom is -0.492 e. The number of benzene rings is 2. The molecule has 0 saturated carbocycles. The lowest BCUT2D eigenvalue weighted by atomic mass is 9.90. The van der Waals surface area contributed by atoms with E-state index in [1.165, 1.54) is 58.7 Å². The van der Waals surface area contributed by atoms with Crippen LogP contribution in [-0.4, -0.2) is 135 Å². The first-order valence-corrected chi connectivity index (χ1v) is 33.9. The van der Waals surface area contributed by atoms with Crippen molar-refractivity contribution in [2.24, 2.45) is 17.4 Å². The number of pyridine rings is 1. The van der Waals surface area contributed by atoms with E-state index in [2.05, 4.69) is 20.5 Å². The van der Waals surface area contributed by atoms with Gasteiger partial charge in [0.1, 0.15) is 83.3 Å². The maximum atomic E-state index is 15.4. The van der Waals surface area contributed by atoms with Crippen LogP contribution >= 0.6 is 68.0 Å². The molecule has 2 aromatic carbocycles. The number of nitrogens with two attached hydrogens (primary N) is 2. The highest BCUT2D eigenvalue weighted by Gasteiger charge is 2.45. The molecule has 2 fully saturated rings. The van der Waals surface area contributed by atoms with Crippen molar-refractivity contribution in [1.29, 1.82) is 0 Å². The molecular formula is C61H59N13O9S6. The molecule has 0 spiro atoms. The third-order valence-electron chi connectivity index (χ3n) is 15.9. The van der Waals surface area contributed by atoms with Gasteiger partial charge in [0.2, 0.25) is 11.8 Å². The third-order valence-corrected chi connectivity index (χ3v) is 21.4. The molecule has 7 atom stereocenters. The van der Waals surface area contributed by atoms with Crippen LogP contribution in [0.3, 0.4) is 0 Å². The van der Waals surface area contributed by atoms with E-state index in [1.54, 1.807) is 70.4 Å². The molecule has 12 rings (SSSR count). The lowest BCUT2D eigenvalue weighted by Gasteiger charge is -2.29. The lowest BCUT2D eigenvalue weighted by molar-refractivity contribution is -0.134. The number of nitrogens with zero attached hydrogens (tertiary/aromatic N) is 9. The number of ketones is 1. The summed E-state index contributed by atoms with van der Waals surface area (Å²) >= 11 is 7.12. The molecule has 9 aromatic rings. The van der Waals surface area contributed by atoms with E-state index in [4.69, 9.17) is 46.1 Å². The highest BCUT2D eigenvalue weighted by atomic mass is 32.1. The highest BCUT2D eigenvalue weighted by molar-refractivity contribution is 7.15. The third kappa shape index (κ3) is 13.5. The van der Waals surface area contributed by atoms with Gasteiger partial charge >= 0.3 is 0 Å². The number of aliphatic hydroxyl groups excluding tert-OH is 2. The van der Waals surface area contributed by atoms with Crippen molar-refractivity contribution in [3.8, 4) is 49.1 Å². The van der Waals surface area contributed by atoms with E-state index in [0.717, 1.165) is 59.2 Å². The van der Waals surface area contributed by atoms with Gasteiger partial charge in [-0.1, -0.05) is 55.8 Å². The fraction of sp³-hybridized carbons (Fsp3) is 0.328. The van der Waals surface area contributed by atoms with Crippen LogP contribution in [0.5, 0.6) is 5.75 Å². The van der Waals surface area contributed by atoms with Gasteiger partial charge in [-0.2, -0.15) is 0 Å². The summed E-state index contributed by atoms with van der Waals surface area (Å²) in [6, 6.07) is 16.7. The number of rotatable bonds is 12. The van der Waals surface area contributed by atoms with Crippen molar-refractivity contribution in [1.82, 2.24) is 55.3 Å². The van der Waals surface area contributed by atoms with Gasteiger partial charge in [0.05, 0.1) is 41.4 Å². The molecule has 10 bridgehead atoms. The van der Waals surface area contributed by atoms with Crippen LogP contribution in [0.2, 0.25) is 0 Å². The highest BCUT2D eigenvalue weighted by Crippen LogP contribution is 2.43. The number of Topliss-reactive ketones (excluding diaryl/α,β-unsaturated/α-hetero) is 1. The number of thiazole rings is 6. The average Bonchev–Trinajstić information content (AvgIpc) is 4.46. The number of ether oxygens (including phenoxy) is 1. The Kier molecular flexibility index (Phi) is 18.4. The molecule has 0 aliphatic carbocycles. The Bertz CT molecular complexity index is 4100. The molecule has 458 valence electrons. The maximum Gasteiger partial charge on any atom is 0.271 e. The van der Waals surface area contributed by atoms with E-state index < -0.39 is 77.5 Å². The fourth-order valence-corrected chi connectivity index (χ4v) is 16.5. The molecule has 8 N–H and O–H groups in total. The molecule has 7 aromatic heterocycles. The molecular weight excluding hydrogens is 1250 g/mol. The van der Waals surface area contributed by atoms with Gasteiger partial charge in [0.25, 0.3) is 17.7 Å². The number of aromatic nitrogens is 7. The number of aryl methyl sites for hydroxylation is 1. The van der Waals surface area contributed by atoms with Crippen molar-refractivity contribution >= 4 is 103 Å². The topological polar surface area (TPSA) is 325 Å². The molecule has 89 heavy (non-hydrogen) atoms. The predicted octanol–water partition coefficient (Wildman–Crippen LogP) is 8.43. The Balaban J connectivity index is 0.931. The molecule has 10 heterocycles. The summed E-state index contributed by atoms with van der Waals surface area (Å²) in [5.74, 6) is -4.57. The summed E-state index contributed by atoms with van der Waals surface area (Å²) in [5.41, 5.74) is 14.8. The molecule has 0 radical (unpaired) electrons. The minimum atomic E-state index is -1.29. The number of aliphatic hydroxyl groups is 2. The lowest BCUT2D eigenvalue weighted by Crippen LogP contribution is -2.50. The van der Waals surface area contributed by atoms with E-state index in [9.17, 15) is 34.2 Å². The number of hydrogen-bond donors (Lipinski definition) is 6. The fourth-order valence-electron chi connectivity index (χ4n) is 11.1. The summed E-state index contributed by atoms with van der Waals surface area (Å²) < 4.78 is 6.15. The first-order valence-electron chi connectivity index (χ1n) is 28.7. The molecule has 2 saturated heterocycles. The summed E-state index contributed by atoms with van der Waals surface area (Å²) in [6.07, 6.45) is 0.705. The monoisotopic (exact) mass is 1310 g/mol. The Hall–Kier alpha value is -7.93. The molecule has 5 amide bonds. The predicted molar refractivity (Wildman–Crippen MR) is 340 cm³/mol. The maximum absolute atomic E-state index is 15.4. The van der Waals surface area contributed by atoms with Crippen molar-refractivity contribution in [3.63, 3.8) is 0 Å². The molecule has 3 aliphatic rings. The normalized spacial score (nSPS) is 20.6. The number of nitrogens with one attached hydrogen (secondary N) is 2. The van der Waals surface area contributed by atoms with Gasteiger partial charge in [0.15, 0.2) is 5.78 Å². The zero-order valence-corrected chi connectivity index (χ0v) is 52.8. The summed E-state index contributed by atoms with van der Waals surface area (Å²) in [5, 5.41) is 40.2. The quantitative estimate of drug-likeness (QED) is 0.0668. The first-order chi connectivity index (χ1) is 43.0. The van der Waals surface area contributed by atoms with Gasteiger partial charge in [-0.15, -0.1) is 68.0 Å². The van der Waals surface area contributed by atoms with Crippen LogP contribution in [0.15, 0.2) is 93.6 Å². The first kappa shape index (κ1) is 61.3. The van der Waals surface area contributed by atoms with Gasteiger partial charge in [-0.25, -0.2) is 34.9 Å². The summed E-state index contributed by atoms with van der Waals surface area (Å²) in [6.45, 7) is 6.91. The van der Waals surface area contributed by atoms with Crippen LogP contribution in [0.25, 0.3) is 43.4 Å². The van der Waals surface area contributed by atoms with Gasteiger partial charge in [-0.05, 0) is 68.2 Å². The average molecular weight is 1310 g/mol. The summed E-state index contributed by atoms with van der Waals surface area (Å²) in [4.78, 5) is 122. The largest absolute Gasteiger partial charge is 0.492 e. The minimum absolute atomic E-state index is 0.000269. The number of fused-ring (bicyclic) bond motifs is 16. The van der Waals surface area contributed by atoms with Crippen molar-refractivity contribution in [3.05, 3.63) is 147 Å². The Morgan fingerprint density at radius 1 is 0.697 bits per heavy atom. The van der Waals surface area contributed by atoms with E-state index in [-0.39, 0.29) is 58.6 Å². The van der Waals surface area contributed by atoms with E-state index in [0.29, 0.717) is 71.2 Å². The van der Waals surface area contributed by atoms with E-state index in [1.807, 2.05) is 36.6 Å². The Labute approximate surface area is 534 Å². The smallest absolute Gasteiger partial charge is 0.271 e. The van der Waals surface area contributed by atoms with Gasteiger partial charge in [0, 0.05) is 75.1 Å². The van der Waals surface area contributed by atoms with Crippen molar-refractivity contribution in [2.45, 2.75) is 88.6 Å². The van der Waals surface area contributed by atoms with Crippen LogP contribution < -0.4 is 26.8 Å². The van der Waals surface area contributed by atoms with Crippen LogP contribution in [0.4, 0.5) is 0 Å². The summed E-state index contributed by atoms with van der Waals surface area (Å²) in [7, 11) is 0. The number of piperidine rings is 1. The zero-order valence-electron chi connectivity index (χ0n) is 47.9. The van der Waals surface area contributed by atoms with Crippen LogP contribution in [-0.2, 0) is 16.0 Å². The number of primary amides is 2. The van der Waals surface area contributed by atoms with Gasteiger partial charge in [-0.3, -0.25) is 33.7 Å². The number of carbonyl (C=O) groups is 6. The molecule has 0 unspecified atom stereocenters. The number of carbonyl (C=O) groups excluding carboxylic acids is 6. The number of likely N-dealkylation sites (tertiary alicyclic amines) is 1. The second-order valence-electron chi connectivity index (χ2n) is 21.9. The number of hydrogen-bond acceptors (Lipinski definition) is 23. The SMILES string of the molecule is Cc1sc2nc1C(=O)C[C@@H]([C@H](O)c1ccccc1)c1nc(cs1)C(=O)N[C@@H](Cc1ccc(OCCN3CCCCC3)cc1)C(=O)N1C[C@H](O)[C@H](C)[C@H]1c1nc(cs1)-c1nc(cs1)-c1nc(-c3nc(C(N)=O)cs3)ccc1-c1nc(cs1)C(=O)N[C@H]2CC(N)=O. The van der Waals surface area contributed by atoms with Crippen LogP contribution in [0.1, 0.15) is 136 Å². The van der Waals surface area contributed by atoms with Crippen molar-refractivity contribution in [2.75, 3.05) is 32.8 Å². The van der Waals surface area contributed by atoms with Gasteiger partial charge < -0.3 is 42.0 Å². The molecule has 3 aliphatic heterocycles. The number of amides is 5. The standard InChI is InChI=1S/C61H59N13O9S6/c1-30-46(76)24-74-50(30)60-71-44(29-88-60)58-67-40(25-86-58)49-35(15-16-37(64-49)57-68-41(26-87-57)52(63)79)55-69-42(27-84-55)53(80)65-38(23-47(62)77)59-72-48(31(2)89-59)45(75)22-36(51(78)33-9-5-3-6-10-33)56-70-43(28-85-56)54(81)66-39(61(74)82)21-32-11-13-34(14-12-32)83-20-19-73-17-7-4-8-18-73/h3,5-6,9-16,25-30,36,38-39,46,50-51,76,78H,4,7-8,17-24H2,1-2H3,(H2,62,77)(H2,63,79)(H,65,80)(H,66,81)/t30-,36-,38-,39-,46-,50-,51+/m0/s1. The molecule has 22 nitrogen and oxygen atoms in total. The zero-order chi connectivity index (χ0) is 62.0. The molecule has 28 heteroatoms. The van der Waals surface area contributed by atoms with Crippen molar-refractivity contribution < 1.29 is 43.7 Å². The Morgan fingerprint density at radius 2 is 1.36 bits per heavy atom.